The number of amides is 1. The minimum atomic E-state index is -0.248. The van der Waals surface area contributed by atoms with Gasteiger partial charge in [-0.1, -0.05) is 38.8 Å². The van der Waals surface area contributed by atoms with Crippen molar-refractivity contribution in [2.75, 3.05) is 0 Å². The molecule has 0 aromatic heterocycles. The van der Waals surface area contributed by atoms with Gasteiger partial charge in [0.25, 0.3) is 0 Å². The minimum absolute atomic E-state index is 0.119. The van der Waals surface area contributed by atoms with Gasteiger partial charge in [0, 0.05) is 0 Å². The number of hydrogen-bond acceptors (Lipinski definition) is 1. The molecular weight excluding hydrogens is 150 g/mol. The molecule has 0 aliphatic rings. The van der Waals surface area contributed by atoms with Crippen LogP contribution in [0.2, 0.25) is 0 Å². The monoisotopic (exact) mass is 169 g/mol. The summed E-state index contributed by atoms with van der Waals surface area (Å²) >= 11 is 0. The first-order valence-electron chi connectivity index (χ1n) is 4.64. The number of nitrogens with two attached hydrogens (primary N) is 1. The molecule has 0 rings (SSSR count). The van der Waals surface area contributed by atoms with Gasteiger partial charge in [-0.2, -0.15) is 0 Å². The molecule has 0 heterocycles. The molecule has 0 saturated carbocycles. The molecule has 70 valence electrons. The lowest BCUT2D eigenvalue weighted by atomic mass is 10.1. The molecule has 0 aromatic rings. The zero-order valence-electron chi connectivity index (χ0n) is 8.05. The summed E-state index contributed by atoms with van der Waals surface area (Å²) in [6.45, 7) is 3.99. The number of unbranched alkanes of at least 4 members (excludes halogenated alkanes) is 3. The highest BCUT2D eigenvalue weighted by molar-refractivity contribution is 5.77. The predicted octanol–water partition coefficient (Wildman–Crippen LogP) is 2.24. The largest absolute Gasteiger partial charge is 0.369 e. The van der Waals surface area contributed by atoms with E-state index in [1.54, 1.807) is 0 Å². The summed E-state index contributed by atoms with van der Waals surface area (Å²) in [5.41, 5.74) is 5.09. The van der Waals surface area contributed by atoms with Crippen LogP contribution in [0.25, 0.3) is 0 Å². The number of carbonyl (C=O) groups is 1. The first-order valence-corrected chi connectivity index (χ1v) is 4.64. The Labute approximate surface area is 74.8 Å². The van der Waals surface area contributed by atoms with Gasteiger partial charge in [-0.05, 0) is 12.8 Å². The van der Waals surface area contributed by atoms with Crippen molar-refractivity contribution in [2.45, 2.75) is 39.5 Å². The van der Waals surface area contributed by atoms with Crippen molar-refractivity contribution in [2.24, 2.45) is 11.7 Å². The van der Waals surface area contributed by atoms with Gasteiger partial charge in [0.1, 0.15) is 0 Å². The molecule has 1 unspecified atom stereocenters. The molecule has 0 aliphatic carbocycles. The van der Waals surface area contributed by atoms with Crippen molar-refractivity contribution in [1.29, 1.82) is 0 Å². The van der Waals surface area contributed by atoms with Crippen molar-refractivity contribution in [3.8, 4) is 0 Å². The third-order valence-corrected chi connectivity index (χ3v) is 1.85. The molecule has 2 heteroatoms. The zero-order valence-corrected chi connectivity index (χ0v) is 8.05. The van der Waals surface area contributed by atoms with E-state index in [2.05, 4.69) is 6.92 Å². The highest BCUT2D eigenvalue weighted by Crippen LogP contribution is 2.02. The summed E-state index contributed by atoms with van der Waals surface area (Å²) in [6.07, 6.45) is 8.70. The van der Waals surface area contributed by atoms with Crippen LogP contribution in [0.15, 0.2) is 12.2 Å². The summed E-state index contributed by atoms with van der Waals surface area (Å²) in [5, 5.41) is 0. The van der Waals surface area contributed by atoms with Crippen LogP contribution in [0.5, 0.6) is 0 Å². The molecule has 0 fully saturated rings. The minimum Gasteiger partial charge on any atom is -0.369 e. The van der Waals surface area contributed by atoms with Gasteiger partial charge in [0.2, 0.25) is 5.91 Å². The summed E-state index contributed by atoms with van der Waals surface area (Å²) < 4.78 is 0. The Bertz CT molecular complexity index is 152. The summed E-state index contributed by atoms with van der Waals surface area (Å²) in [7, 11) is 0. The van der Waals surface area contributed by atoms with E-state index in [0.29, 0.717) is 0 Å². The van der Waals surface area contributed by atoms with Crippen molar-refractivity contribution in [3.05, 3.63) is 12.2 Å². The quantitative estimate of drug-likeness (QED) is 0.481. The SMILES string of the molecule is CCCCC/C=C/C(C)C(N)=O. The number of rotatable bonds is 6. The second kappa shape index (κ2) is 6.89. The van der Waals surface area contributed by atoms with E-state index in [0.717, 1.165) is 6.42 Å². The molecule has 0 aromatic carbocycles. The van der Waals surface area contributed by atoms with Gasteiger partial charge < -0.3 is 5.73 Å². The van der Waals surface area contributed by atoms with E-state index in [-0.39, 0.29) is 11.8 Å². The van der Waals surface area contributed by atoms with E-state index in [1.165, 1.54) is 19.3 Å². The molecule has 2 nitrogen and oxygen atoms in total. The highest BCUT2D eigenvalue weighted by atomic mass is 16.1. The lowest BCUT2D eigenvalue weighted by Gasteiger charge is -1.98. The van der Waals surface area contributed by atoms with Gasteiger partial charge >= 0.3 is 0 Å². The fourth-order valence-corrected chi connectivity index (χ4v) is 0.907. The maximum Gasteiger partial charge on any atom is 0.224 e. The second-order valence-electron chi connectivity index (χ2n) is 3.11. The summed E-state index contributed by atoms with van der Waals surface area (Å²) in [5.74, 6) is -0.367. The number of carbonyl (C=O) groups excluding carboxylic acids is 1. The summed E-state index contributed by atoms with van der Waals surface area (Å²) in [4.78, 5) is 10.6. The smallest absolute Gasteiger partial charge is 0.224 e. The molecule has 0 spiro atoms. The first kappa shape index (κ1) is 11.2. The topological polar surface area (TPSA) is 43.1 Å². The van der Waals surface area contributed by atoms with E-state index < -0.39 is 0 Å². The average Bonchev–Trinajstić information content (AvgIpc) is 2.03. The second-order valence-corrected chi connectivity index (χ2v) is 3.11. The number of primary amides is 1. The number of allylic oxidation sites excluding steroid dienone is 1. The van der Waals surface area contributed by atoms with Gasteiger partial charge in [0.15, 0.2) is 0 Å². The molecule has 0 aliphatic heterocycles. The zero-order chi connectivity index (χ0) is 9.40. The molecule has 1 atom stereocenters. The van der Waals surface area contributed by atoms with E-state index in [1.807, 2.05) is 19.1 Å². The van der Waals surface area contributed by atoms with Gasteiger partial charge in [-0.3, -0.25) is 4.79 Å². The highest BCUT2D eigenvalue weighted by Gasteiger charge is 2.01. The lowest BCUT2D eigenvalue weighted by Crippen LogP contribution is -2.18. The fraction of sp³-hybridized carbons (Fsp3) is 0.700. The third kappa shape index (κ3) is 5.96. The van der Waals surface area contributed by atoms with Gasteiger partial charge in [0.05, 0.1) is 5.92 Å². The average molecular weight is 169 g/mol. The van der Waals surface area contributed by atoms with E-state index in [9.17, 15) is 4.79 Å². The molecule has 0 bridgehead atoms. The van der Waals surface area contributed by atoms with Crippen LogP contribution in [0.3, 0.4) is 0 Å². The Morgan fingerprint density at radius 2 is 2.17 bits per heavy atom. The Morgan fingerprint density at radius 3 is 2.67 bits per heavy atom. The van der Waals surface area contributed by atoms with Crippen LogP contribution in [0, 0.1) is 5.92 Å². The fourth-order valence-electron chi connectivity index (χ4n) is 0.907. The maximum absolute atomic E-state index is 10.6. The van der Waals surface area contributed by atoms with E-state index in [4.69, 9.17) is 5.73 Å². The van der Waals surface area contributed by atoms with Crippen molar-refractivity contribution < 1.29 is 4.79 Å². The van der Waals surface area contributed by atoms with Crippen LogP contribution >= 0.6 is 0 Å². The molecule has 0 radical (unpaired) electrons. The van der Waals surface area contributed by atoms with Crippen molar-refractivity contribution in [1.82, 2.24) is 0 Å². The van der Waals surface area contributed by atoms with Gasteiger partial charge in [-0.25, -0.2) is 0 Å². The van der Waals surface area contributed by atoms with Crippen molar-refractivity contribution in [3.63, 3.8) is 0 Å². The van der Waals surface area contributed by atoms with Crippen LogP contribution in [-0.4, -0.2) is 5.91 Å². The molecule has 2 N–H and O–H groups in total. The maximum atomic E-state index is 10.6. The Balaban J connectivity index is 3.41. The van der Waals surface area contributed by atoms with Crippen LogP contribution < -0.4 is 5.73 Å². The Hall–Kier alpha value is -0.790. The third-order valence-electron chi connectivity index (χ3n) is 1.85. The first-order chi connectivity index (χ1) is 5.68. The molecule has 12 heavy (non-hydrogen) atoms. The Kier molecular flexibility index (Phi) is 6.44. The lowest BCUT2D eigenvalue weighted by molar-refractivity contribution is -0.120. The molecule has 0 saturated heterocycles. The Morgan fingerprint density at radius 1 is 1.50 bits per heavy atom. The normalized spacial score (nSPS) is 13.5. The van der Waals surface area contributed by atoms with Gasteiger partial charge in [-0.15, -0.1) is 0 Å². The van der Waals surface area contributed by atoms with Crippen LogP contribution in [0.1, 0.15) is 39.5 Å². The van der Waals surface area contributed by atoms with Crippen LogP contribution in [0.4, 0.5) is 0 Å². The van der Waals surface area contributed by atoms with Crippen molar-refractivity contribution >= 4 is 5.91 Å². The standard InChI is InChI=1S/C10H19NO/c1-3-4-5-6-7-8-9(2)10(11)12/h7-9H,3-6H2,1-2H3,(H2,11,12)/b8-7+. The number of hydrogen-bond donors (Lipinski definition) is 1. The summed E-state index contributed by atoms with van der Waals surface area (Å²) in [6, 6.07) is 0. The predicted molar refractivity (Wildman–Crippen MR) is 51.6 cm³/mol. The van der Waals surface area contributed by atoms with E-state index >= 15 is 0 Å². The molecular formula is C10H19NO. The molecule has 1 amide bonds. The van der Waals surface area contributed by atoms with Crippen LogP contribution in [-0.2, 0) is 4.79 Å².